The molecule has 19 heavy (non-hydrogen) atoms. The highest BCUT2D eigenvalue weighted by molar-refractivity contribution is 7.05. The smallest absolute Gasteiger partial charge is 0.128 e. The first-order valence-electron chi connectivity index (χ1n) is 5.99. The molecule has 1 heterocycles. The molecule has 1 unspecified atom stereocenters. The van der Waals surface area contributed by atoms with E-state index in [1.165, 1.54) is 17.6 Å². The van der Waals surface area contributed by atoms with Gasteiger partial charge in [-0.05, 0) is 42.7 Å². The molecule has 0 spiro atoms. The minimum absolute atomic E-state index is 0.182. The summed E-state index contributed by atoms with van der Waals surface area (Å²) in [5.41, 5.74) is 1.09. The third-order valence-electron chi connectivity index (χ3n) is 2.91. The fraction of sp³-hybridized carbons (Fsp3) is 0.385. The summed E-state index contributed by atoms with van der Waals surface area (Å²) < 4.78 is 31.1. The van der Waals surface area contributed by atoms with Gasteiger partial charge in [0.2, 0.25) is 0 Å². The number of nitrogens with one attached hydrogen (secondary N) is 1. The number of rotatable bonds is 4. The van der Waals surface area contributed by atoms with E-state index in [4.69, 9.17) is 0 Å². The molecular weight excluding hydrogens is 268 g/mol. The molecule has 3 nitrogen and oxygen atoms in total. The molecule has 2 rings (SSSR count). The average molecular weight is 283 g/mol. The van der Waals surface area contributed by atoms with Crippen molar-refractivity contribution in [3.8, 4) is 0 Å². The van der Waals surface area contributed by atoms with Crippen molar-refractivity contribution in [2.45, 2.75) is 25.8 Å². The monoisotopic (exact) mass is 283 g/mol. The van der Waals surface area contributed by atoms with E-state index in [-0.39, 0.29) is 11.5 Å². The lowest BCUT2D eigenvalue weighted by Gasteiger charge is -2.17. The molecule has 1 N–H and O–H groups in total. The van der Waals surface area contributed by atoms with E-state index < -0.39 is 17.7 Å². The molecule has 0 amide bonds. The summed E-state index contributed by atoms with van der Waals surface area (Å²) in [5.74, 6) is -0.717. The van der Waals surface area contributed by atoms with Crippen LogP contribution in [0.4, 0.5) is 8.78 Å². The van der Waals surface area contributed by atoms with Crippen LogP contribution in [0.3, 0.4) is 0 Å². The summed E-state index contributed by atoms with van der Waals surface area (Å²) >= 11 is 1.21. The van der Waals surface area contributed by atoms with Gasteiger partial charge in [0.15, 0.2) is 0 Å². The van der Waals surface area contributed by atoms with E-state index >= 15 is 0 Å². The summed E-state index contributed by atoms with van der Waals surface area (Å²) in [6, 6.07) is 3.02. The van der Waals surface area contributed by atoms with Gasteiger partial charge in [0.05, 0.1) is 16.6 Å². The molecule has 0 fully saturated rings. The van der Waals surface area contributed by atoms with Gasteiger partial charge in [-0.3, -0.25) is 0 Å². The Morgan fingerprint density at radius 2 is 2.00 bits per heavy atom. The van der Waals surface area contributed by atoms with Crippen molar-refractivity contribution in [1.29, 1.82) is 0 Å². The summed E-state index contributed by atoms with van der Waals surface area (Å²) in [6.45, 7) is 3.99. The van der Waals surface area contributed by atoms with E-state index in [1.807, 2.05) is 13.8 Å². The molecule has 102 valence electrons. The molecule has 0 saturated heterocycles. The molecule has 1 aromatic heterocycles. The van der Waals surface area contributed by atoms with Gasteiger partial charge in [-0.15, -0.1) is 5.10 Å². The molecule has 0 aliphatic carbocycles. The number of hydrogen-bond donors (Lipinski definition) is 1. The molecular formula is C13H15F2N3S. The van der Waals surface area contributed by atoms with Gasteiger partial charge in [-0.25, -0.2) is 8.78 Å². The van der Waals surface area contributed by atoms with E-state index in [9.17, 15) is 8.78 Å². The van der Waals surface area contributed by atoms with Gasteiger partial charge < -0.3 is 5.32 Å². The molecule has 0 radical (unpaired) electrons. The van der Waals surface area contributed by atoms with E-state index in [1.54, 1.807) is 7.05 Å². The van der Waals surface area contributed by atoms with Crippen molar-refractivity contribution in [1.82, 2.24) is 14.9 Å². The lowest BCUT2D eigenvalue weighted by Crippen LogP contribution is -2.19. The topological polar surface area (TPSA) is 37.8 Å². The van der Waals surface area contributed by atoms with Crippen LogP contribution in [-0.2, 0) is 0 Å². The van der Waals surface area contributed by atoms with Crippen LogP contribution in [0.5, 0.6) is 0 Å². The third kappa shape index (κ3) is 2.79. The summed E-state index contributed by atoms with van der Waals surface area (Å²) in [4.78, 5) is 0.821. The molecule has 6 heteroatoms. The Labute approximate surface area is 114 Å². The lowest BCUT2D eigenvalue weighted by molar-refractivity contribution is 0.558. The van der Waals surface area contributed by atoms with Crippen LogP contribution in [0.15, 0.2) is 18.2 Å². The van der Waals surface area contributed by atoms with Gasteiger partial charge in [-0.1, -0.05) is 18.3 Å². The van der Waals surface area contributed by atoms with Crippen LogP contribution < -0.4 is 5.32 Å². The van der Waals surface area contributed by atoms with Gasteiger partial charge in [0.1, 0.15) is 11.6 Å². The minimum atomic E-state index is -0.458. The SMILES string of the molecule is CNC(c1cc(F)ccc1F)c1snnc1C(C)C. The maximum atomic E-state index is 13.9. The molecule has 1 atom stereocenters. The van der Waals surface area contributed by atoms with Crippen LogP contribution >= 0.6 is 11.5 Å². The standard InChI is InChI=1S/C13H15F2N3S/c1-7(2)11-13(19-18-17-11)12(16-3)9-6-8(14)4-5-10(9)15/h4-7,12,16H,1-3H3. The second-order valence-electron chi connectivity index (χ2n) is 4.56. The highest BCUT2D eigenvalue weighted by Crippen LogP contribution is 2.32. The zero-order chi connectivity index (χ0) is 14.0. The highest BCUT2D eigenvalue weighted by Gasteiger charge is 2.24. The number of aromatic nitrogens is 2. The number of halogens is 2. The van der Waals surface area contributed by atoms with Crippen molar-refractivity contribution in [3.05, 3.63) is 46.0 Å². The van der Waals surface area contributed by atoms with Gasteiger partial charge in [0, 0.05) is 5.56 Å². The lowest BCUT2D eigenvalue weighted by atomic mass is 10.00. The second kappa shape index (κ2) is 5.71. The zero-order valence-corrected chi connectivity index (χ0v) is 11.8. The Balaban J connectivity index is 2.50. The summed E-state index contributed by atoms with van der Waals surface area (Å²) in [7, 11) is 1.71. The van der Waals surface area contributed by atoms with Crippen molar-refractivity contribution in [3.63, 3.8) is 0 Å². The second-order valence-corrected chi connectivity index (χ2v) is 5.35. The Morgan fingerprint density at radius 1 is 1.26 bits per heavy atom. The Kier molecular flexibility index (Phi) is 4.21. The third-order valence-corrected chi connectivity index (χ3v) is 3.71. The molecule has 0 saturated carbocycles. The largest absolute Gasteiger partial charge is 0.308 e. The number of benzene rings is 1. The highest BCUT2D eigenvalue weighted by atomic mass is 32.1. The Morgan fingerprint density at radius 3 is 2.63 bits per heavy atom. The number of nitrogens with zero attached hydrogens (tertiary/aromatic N) is 2. The molecule has 0 aliphatic heterocycles. The molecule has 2 aromatic rings. The fourth-order valence-electron chi connectivity index (χ4n) is 1.97. The maximum absolute atomic E-state index is 13.9. The van der Waals surface area contributed by atoms with E-state index in [0.29, 0.717) is 0 Å². The Bertz CT molecular complexity index is 569. The fourth-order valence-corrected chi connectivity index (χ4v) is 2.91. The predicted octanol–water partition coefficient (Wildman–Crippen LogP) is 3.25. The Hall–Kier alpha value is -1.40. The summed E-state index contributed by atoms with van der Waals surface area (Å²) in [5, 5.41) is 7.08. The minimum Gasteiger partial charge on any atom is -0.308 e. The molecule has 1 aromatic carbocycles. The van der Waals surface area contributed by atoms with Crippen molar-refractivity contribution >= 4 is 11.5 Å². The first-order chi connectivity index (χ1) is 9.04. The maximum Gasteiger partial charge on any atom is 0.128 e. The molecule has 0 aliphatic rings. The van der Waals surface area contributed by atoms with Crippen LogP contribution in [-0.4, -0.2) is 16.6 Å². The van der Waals surface area contributed by atoms with Crippen molar-refractivity contribution in [2.24, 2.45) is 0 Å². The van der Waals surface area contributed by atoms with Crippen molar-refractivity contribution in [2.75, 3.05) is 7.05 Å². The quantitative estimate of drug-likeness (QED) is 0.936. The first kappa shape index (κ1) is 14.0. The van der Waals surface area contributed by atoms with Crippen LogP contribution in [0, 0.1) is 11.6 Å². The molecule has 0 bridgehead atoms. The van der Waals surface area contributed by atoms with Gasteiger partial charge in [-0.2, -0.15) is 0 Å². The van der Waals surface area contributed by atoms with Crippen LogP contribution in [0.25, 0.3) is 0 Å². The van der Waals surface area contributed by atoms with Crippen LogP contribution in [0.1, 0.15) is 41.9 Å². The van der Waals surface area contributed by atoms with Gasteiger partial charge >= 0.3 is 0 Å². The zero-order valence-electron chi connectivity index (χ0n) is 10.9. The van der Waals surface area contributed by atoms with Crippen LogP contribution in [0.2, 0.25) is 0 Å². The van der Waals surface area contributed by atoms with E-state index in [2.05, 4.69) is 14.9 Å². The van der Waals surface area contributed by atoms with E-state index in [0.717, 1.165) is 22.7 Å². The van der Waals surface area contributed by atoms with Gasteiger partial charge in [0.25, 0.3) is 0 Å². The normalized spacial score (nSPS) is 12.9. The number of hydrogen-bond acceptors (Lipinski definition) is 4. The van der Waals surface area contributed by atoms with Crippen molar-refractivity contribution < 1.29 is 8.78 Å². The first-order valence-corrected chi connectivity index (χ1v) is 6.76. The average Bonchev–Trinajstić information content (AvgIpc) is 2.84. The predicted molar refractivity (Wildman–Crippen MR) is 71.3 cm³/mol. The summed E-state index contributed by atoms with van der Waals surface area (Å²) in [6.07, 6.45) is 0.